The topological polar surface area (TPSA) is 44.4 Å². The Kier molecular flexibility index (Phi) is 4.89. The van der Waals surface area contributed by atoms with E-state index in [1.165, 1.54) is 0 Å². The molecular weight excluding hydrogens is 274 g/mol. The Bertz CT molecular complexity index is 490. The molecule has 1 aliphatic rings. The maximum Gasteiger partial charge on any atom is 0.227 e. The quantitative estimate of drug-likeness (QED) is 0.901. The van der Waals surface area contributed by atoms with Crippen LogP contribution in [0.4, 0.5) is 11.4 Å². The molecule has 110 valence electrons. The molecule has 1 fully saturated rings. The summed E-state index contributed by atoms with van der Waals surface area (Å²) in [4.78, 5) is 14.4. The molecule has 0 bridgehead atoms. The van der Waals surface area contributed by atoms with E-state index in [1.54, 1.807) is 6.07 Å². The van der Waals surface area contributed by atoms with Crippen LogP contribution < -0.4 is 15.5 Å². The number of nitrogens with zero attached hydrogens (tertiary/aromatic N) is 1. The van der Waals surface area contributed by atoms with Crippen LogP contribution in [0.25, 0.3) is 0 Å². The lowest BCUT2D eigenvalue weighted by Gasteiger charge is -2.27. The first kappa shape index (κ1) is 15.1. The van der Waals surface area contributed by atoms with Crippen molar-refractivity contribution in [1.82, 2.24) is 5.32 Å². The van der Waals surface area contributed by atoms with Crippen LogP contribution in [-0.4, -0.2) is 32.6 Å². The van der Waals surface area contributed by atoms with Crippen LogP contribution in [0.1, 0.15) is 19.8 Å². The van der Waals surface area contributed by atoms with Gasteiger partial charge in [-0.15, -0.1) is 0 Å². The van der Waals surface area contributed by atoms with Crippen LogP contribution in [0, 0.1) is 5.92 Å². The number of halogens is 1. The molecule has 0 aromatic heterocycles. The fourth-order valence-corrected chi connectivity index (χ4v) is 2.78. The van der Waals surface area contributed by atoms with E-state index in [-0.39, 0.29) is 11.8 Å². The number of carbonyl (C=O) groups is 1. The van der Waals surface area contributed by atoms with Crippen molar-refractivity contribution in [3.05, 3.63) is 23.2 Å². The highest BCUT2D eigenvalue weighted by Gasteiger charge is 2.25. The Balaban J connectivity index is 2.12. The van der Waals surface area contributed by atoms with E-state index in [2.05, 4.69) is 17.6 Å². The number of rotatable bonds is 3. The van der Waals surface area contributed by atoms with Crippen molar-refractivity contribution >= 4 is 28.9 Å². The molecule has 0 radical (unpaired) electrons. The first-order valence-electron chi connectivity index (χ1n) is 6.98. The molecule has 2 atom stereocenters. The van der Waals surface area contributed by atoms with E-state index in [4.69, 9.17) is 11.6 Å². The molecule has 2 rings (SSSR count). The number of benzene rings is 1. The molecule has 20 heavy (non-hydrogen) atoms. The van der Waals surface area contributed by atoms with Gasteiger partial charge < -0.3 is 15.5 Å². The van der Waals surface area contributed by atoms with Crippen molar-refractivity contribution in [3.8, 4) is 0 Å². The van der Waals surface area contributed by atoms with Crippen LogP contribution >= 0.6 is 11.6 Å². The predicted octanol–water partition coefficient (Wildman–Crippen LogP) is 2.73. The van der Waals surface area contributed by atoms with E-state index >= 15 is 0 Å². The van der Waals surface area contributed by atoms with E-state index in [1.807, 2.05) is 31.1 Å². The molecule has 2 unspecified atom stereocenters. The lowest BCUT2D eigenvalue weighted by Crippen LogP contribution is -2.40. The second-order valence-electron chi connectivity index (χ2n) is 5.62. The number of hydrogen-bond donors (Lipinski definition) is 2. The summed E-state index contributed by atoms with van der Waals surface area (Å²) in [5, 5.41) is 7.02. The summed E-state index contributed by atoms with van der Waals surface area (Å²) in [7, 11) is 3.90. The van der Waals surface area contributed by atoms with Gasteiger partial charge in [-0.1, -0.05) is 11.6 Å². The number of anilines is 2. The predicted molar refractivity (Wildman–Crippen MR) is 84.6 cm³/mol. The van der Waals surface area contributed by atoms with Crippen molar-refractivity contribution in [2.45, 2.75) is 25.8 Å². The zero-order valence-electron chi connectivity index (χ0n) is 12.2. The summed E-state index contributed by atoms with van der Waals surface area (Å²) in [6, 6.07) is 5.95. The lowest BCUT2D eigenvalue weighted by molar-refractivity contribution is -0.120. The Morgan fingerprint density at radius 1 is 1.45 bits per heavy atom. The second kappa shape index (κ2) is 6.46. The average Bonchev–Trinajstić information content (AvgIpc) is 2.38. The highest BCUT2D eigenvalue weighted by atomic mass is 35.5. The maximum atomic E-state index is 12.4. The smallest absolute Gasteiger partial charge is 0.227 e. The lowest BCUT2D eigenvalue weighted by atomic mass is 9.92. The Hall–Kier alpha value is -1.26. The number of hydrogen-bond acceptors (Lipinski definition) is 3. The molecule has 1 aliphatic heterocycles. The van der Waals surface area contributed by atoms with E-state index in [0.717, 1.165) is 30.8 Å². The number of piperidine rings is 1. The van der Waals surface area contributed by atoms with E-state index < -0.39 is 0 Å². The number of nitrogens with one attached hydrogen (secondary N) is 2. The minimum absolute atomic E-state index is 0.0697. The third-order valence-electron chi connectivity index (χ3n) is 3.69. The molecule has 1 heterocycles. The Morgan fingerprint density at radius 3 is 2.85 bits per heavy atom. The van der Waals surface area contributed by atoms with Gasteiger partial charge in [0, 0.05) is 31.1 Å². The minimum Gasteiger partial charge on any atom is -0.376 e. The van der Waals surface area contributed by atoms with Crippen molar-refractivity contribution in [1.29, 1.82) is 0 Å². The third kappa shape index (κ3) is 3.64. The molecule has 1 aromatic carbocycles. The minimum atomic E-state index is 0.0697. The largest absolute Gasteiger partial charge is 0.376 e. The summed E-state index contributed by atoms with van der Waals surface area (Å²) >= 11 is 6.03. The Labute approximate surface area is 125 Å². The fourth-order valence-electron chi connectivity index (χ4n) is 2.60. The molecule has 5 heteroatoms. The third-order valence-corrected chi connectivity index (χ3v) is 3.93. The van der Waals surface area contributed by atoms with E-state index in [0.29, 0.717) is 11.1 Å². The highest BCUT2D eigenvalue weighted by molar-refractivity contribution is 6.31. The molecule has 0 saturated carbocycles. The van der Waals surface area contributed by atoms with Gasteiger partial charge in [0.2, 0.25) is 5.91 Å². The second-order valence-corrected chi connectivity index (χ2v) is 6.06. The van der Waals surface area contributed by atoms with Crippen LogP contribution in [0.2, 0.25) is 5.02 Å². The first-order valence-corrected chi connectivity index (χ1v) is 7.36. The van der Waals surface area contributed by atoms with Crippen molar-refractivity contribution < 1.29 is 4.79 Å². The standard InChI is InChI=1S/C15H22ClN3O/c1-10-8-11(6-7-17-10)15(20)18-13-9-12(16)4-5-14(13)19(2)3/h4-5,9-11,17H,6-8H2,1-3H3,(H,18,20). The monoisotopic (exact) mass is 295 g/mol. The van der Waals surface area contributed by atoms with Crippen molar-refractivity contribution in [2.24, 2.45) is 5.92 Å². The highest BCUT2D eigenvalue weighted by Crippen LogP contribution is 2.29. The van der Waals surface area contributed by atoms with Gasteiger partial charge in [0.15, 0.2) is 0 Å². The van der Waals surface area contributed by atoms with Crippen LogP contribution in [0.5, 0.6) is 0 Å². The summed E-state index contributed by atoms with van der Waals surface area (Å²) in [6.45, 7) is 3.01. The van der Waals surface area contributed by atoms with Gasteiger partial charge in [-0.05, 0) is 44.5 Å². The van der Waals surface area contributed by atoms with Crippen LogP contribution in [0.3, 0.4) is 0 Å². The first-order chi connectivity index (χ1) is 9.47. The molecule has 1 saturated heterocycles. The van der Waals surface area contributed by atoms with Gasteiger partial charge in [0.25, 0.3) is 0 Å². The van der Waals surface area contributed by atoms with Crippen LogP contribution in [-0.2, 0) is 4.79 Å². The van der Waals surface area contributed by atoms with Gasteiger partial charge in [0.1, 0.15) is 0 Å². The molecule has 1 amide bonds. The zero-order valence-corrected chi connectivity index (χ0v) is 13.0. The number of amides is 1. The molecule has 2 N–H and O–H groups in total. The average molecular weight is 296 g/mol. The Morgan fingerprint density at radius 2 is 2.20 bits per heavy atom. The van der Waals surface area contributed by atoms with Gasteiger partial charge in [-0.3, -0.25) is 4.79 Å². The summed E-state index contributed by atoms with van der Waals surface area (Å²) < 4.78 is 0. The summed E-state index contributed by atoms with van der Waals surface area (Å²) in [5.74, 6) is 0.156. The number of carbonyl (C=O) groups excluding carboxylic acids is 1. The van der Waals surface area contributed by atoms with Gasteiger partial charge in [0.05, 0.1) is 11.4 Å². The van der Waals surface area contributed by atoms with Crippen molar-refractivity contribution in [3.63, 3.8) is 0 Å². The van der Waals surface area contributed by atoms with Gasteiger partial charge in [-0.25, -0.2) is 0 Å². The van der Waals surface area contributed by atoms with Gasteiger partial charge >= 0.3 is 0 Å². The molecular formula is C15H22ClN3O. The van der Waals surface area contributed by atoms with E-state index in [9.17, 15) is 4.79 Å². The normalized spacial score (nSPS) is 22.4. The molecule has 1 aromatic rings. The molecule has 0 aliphatic carbocycles. The SMILES string of the molecule is CC1CC(C(=O)Nc2cc(Cl)ccc2N(C)C)CCN1. The fraction of sp³-hybridized carbons (Fsp3) is 0.533. The summed E-state index contributed by atoms with van der Waals surface area (Å²) in [5.41, 5.74) is 1.74. The van der Waals surface area contributed by atoms with Gasteiger partial charge in [-0.2, -0.15) is 0 Å². The van der Waals surface area contributed by atoms with Crippen molar-refractivity contribution in [2.75, 3.05) is 30.9 Å². The van der Waals surface area contributed by atoms with Crippen LogP contribution in [0.15, 0.2) is 18.2 Å². The maximum absolute atomic E-state index is 12.4. The summed E-state index contributed by atoms with van der Waals surface area (Å²) in [6.07, 6.45) is 1.76. The molecule has 0 spiro atoms. The zero-order chi connectivity index (χ0) is 14.7. The molecule has 4 nitrogen and oxygen atoms in total.